The summed E-state index contributed by atoms with van der Waals surface area (Å²) in [6.45, 7) is 0.593. The molecular formula is C15H23NO3S. The molecule has 0 amide bonds. The Morgan fingerprint density at radius 3 is 2.75 bits per heavy atom. The molecule has 0 bridgehead atoms. The summed E-state index contributed by atoms with van der Waals surface area (Å²) in [7, 11) is -2.94. The zero-order valence-electron chi connectivity index (χ0n) is 11.9. The molecule has 5 heteroatoms. The van der Waals surface area contributed by atoms with E-state index >= 15 is 0 Å². The molecule has 0 radical (unpaired) electrons. The second kappa shape index (κ2) is 6.59. The van der Waals surface area contributed by atoms with Crippen molar-refractivity contribution in [2.24, 2.45) is 0 Å². The molecule has 4 nitrogen and oxygen atoms in total. The Bertz CT molecular complexity index is 542. The monoisotopic (exact) mass is 297 g/mol. The van der Waals surface area contributed by atoms with Gasteiger partial charge in [-0.1, -0.05) is 18.2 Å². The highest BCUT2D eigenvalue weighted by Crippen LogP contribution is 2.26. The summed E-state index contributed by atoms with van der Waals surface area (Å²) in [5.74, 6) is 0. The Balaban J connectivity index is 1.81. The van der Waals surface area contributed by atoms with Gasteiger partial charge in [0.2, 0.25) is 0 Å². The topological polar surface area (TPSA) is 69.4 Å². The van der Waals surface area contributed by atoms with Crippen LogP contribution in [0, 0.1) is 0 Å². The van der Waals surface area contributed by atoms with Crippen LogP contribution >= 0.6 is 0 Å². The molecule has 2 atom stereocenters. The minimum atomic E-state index is -2.94. The lowest BCUT2D eigenvalue weighted by molar-refractivity contribution is 0.0313. The van der Waals surface area contributed by atoms with Crippen molar-refractivity contribution < 1.29 is 13.2 Å². The zero-order chi connectivity index (χ0) is 14.6. The molecule has 1 aliphatic rings. The summed E-state index contributed by atoms with van der Waals surface area (Å²) in [4.78, 5) is 0. The molecule has 0 spiro atoms. The molecule has 112 valence electrons. The molecule has 2 rings (SSSR count). The van der Waals surface area contributed by atoms with Crippen LogP contribution in [0.2, 0.25) is 0 Å². The average molecular weight is 297 g/mol. The smallest absolute Gasteiger partial charge is 0.150 e. The second-order valence-electron chi connectivity index (χ2n) is 5.56. The first kappa shape index (κ1) is 15.3. The van der Waals surface area contributed by atoms with E-state index in [1.54, 1.807) is 0 Å². The van der Waals surface area contributed by atoms with E-state index in [2.05, 4.69) is 0 Å². The molecule has 0 aromatic heterocycles. The van der Waals surface area contributed by atoms with Gasteiger partial charge in [-0.3, -0.25) is 0 Å². The lowest BCUT2D eigenvalue weighted by Crippen LogP contribution is -2.32. The Morgan fingerprint density at radius 1 is 1.30 bits per heavy atom. The molecule has 0 aliphatic heterocycles. The number of benzene rings is 1. The van der Waals surface area contributed by atoms with Gasteiger partial charge in [0.1, 0.15) is 9.84 Å². The zero-order valence-corrected chi connectivity index (χ0v) is 12.7. The van der Waals surface area contributed by atoms with Crippen molar-refractivity contribution in [1.29, 1.82) is 0 Å². The summed E-state index contributed by atoms with van der Waals surface area (Å²) >= 11 is 0. The Hall–Kier alpha value is -1.07. The fourth-order valence-electron chi connectivity index (χ4n) is 2.74. The highest BCUT2D eigenvalue weighted by Gasteiger charge is 2.29. The van der Waals surface area contributed by atoms with Crippen LogP contribution < -0.4 is 5.73 Å². The van der Waals surface area contributed by atoms with E-state index in [1.807, 2.05) is 24.3 Å². The number of rotatable bonds is 5. The average Bonchev–Trinajstić information content (AvgIpc) is 2.40. The van der Waals surface area contributed by atoms with Gasteiger partial charge in [-0.15, -0.1) is 0 Å². The molecule has 1 saturated carbocycles. The Morgan fingerprint density at radius 2 is 2.05 bits per heavy atom. The standard InChI is InChI=1S/C15H23NO3S/c1-20(17,18)14-7-4-6-13(11-14)19-10-9-12-5-2-3-8-15(12)16/h2-3,5,8,13-14H,4,6-7,9-11,16H2,1H3. The lowest BCUT2D eigenvalue weighted by atomic mass is 9.97. The lowest BCUT2D eigenvalue weighted by Gasteiger charge is -2.28. The number of para-hydroxylation sites is 1. The quantitative estimate of drug-likeness (QED) is 0.846. The van der Waals surface area contributed by atoms with Crippen molar-refractivity contribution in [1.82, 2.24) is 0 Å². The van der Waals surface area contributed by atoms with Gasteiger partial charge in [-0.2, -0.15) is 0 Å². The number of anilines is 1. The summed E-state index contributed by atoms with van der Waals surface area (Å²) in [6, 6.07) is 7.76. The van der Waals surface area contributed by atoms with Crippen molar-refractivity contribution in [3.8, 4) is 0 Å². The number of ether oxygens (including phenoxy) is 1. The van der Waals surface area contributed by atoms with Crippen molar-refractivity contribution in [3.63, 3.8) is 0 Å². The number of nitrogens with two attached hydrogens (primary N) is 1. The van der Waals surface area contributed by atoms with Crippen molar-refractivity contribution in [3.05, 3.63) is 29.8 Å². The third-order valence-corrected chi connectivity index (χ3v) is 5.60. The van der Waals surface area contributed by atoms with Crippen molar-refractivity contribution in [2.45, 2.75) is 43.5 Å². The predicted molar refractivity (Wildman–Crippen MR) is 81.4 cm³/mol. The number of hydrogen-bond donors (Lipinski definition) is 1. The molecule has 1 aromatic carbocycles. The van der Waals surface area contributed by atoms with Gasteiger partial charge in [0.25, 0.3) is 0 Å². The number of sulfone groups is 1. The fraction of sp³-hybridized carbons (Fsp3) is 0.600. The molecule has 0 heterocycles. The third-order valence-electron chi connectivity index (χ3n) is 3.96. The molecule has 1 aliphatic carbocycles. The number of nitrogen functional groups attached to an aromatic ring is 1. The minimum Gasteiger partial charge on any atom is -0.399 e. The van der Waals surface area contributed by atoms with Crippen LogP contribution in [-0.4, -0.2) is 32.6 Å². The molecule has 0 saturated heterocycles. The first-order valence-corrected chi connectivity index (χ1v) is 9.06. The van der Waals surface area contributed by atoms with Gasteiger partial charge in [-0.05, 0) is 43.7 Å². The summed E-state index contributed by atoms with van der Waals surface area (Å²) in [6.07, 6.45) is 5.44. The van der Waals surface area contributed by atoms with Gasteiger partial charge in [0, 0.05) is 11.9 Å². The third kappa shape index (κ3) is 4.21. The Labute approximate surface area is 121 Å². The van der Waals surface area contributed by atoms with E-state index < -0.39 is 9.84 Å². The summed E-state index contributed by atoms with van der Waals surface area (Å²) < 4.78 is 29.0. The maximum Gasteiger partial charge on any atom is 0.150 e. The largest absolute Gasteiger partial charge is 0.399 e. The van der Waals surface area contributed by atoms with Crippen molar-refractivity contribution >= 4 is 15.5 Å². The normalized spacial score (nSPS) is 23.6. The summed E-state index contributed by atoms with van der Waals surface area (Å²) in [5.41, 5.74) is 7.76. The van der Waals surface area contributed by atoms with Crippen LogP contribution in [0.4, 0.5) is 5.69 Å². The number of hydrogen-bond acceptors (Lipinski definition) is 4. The summed E-state index contributed by atoms with van der Waals surface area (Å²) in [5, 5.41) is -0.233. The van der Waals surface area contributed by atoms with Crippen LogP contribution in [-0.2, 0) is 21.0 Å². The highest BCUT2D eigenvalue weighted by atomic mass is 32.2. The van der Waals surface area contributed by atoms with Gasteiger partial charge in [-0.25, -0.2) is 8.42 Å². The molecule has 20 heavy (non-hydrogen) atoms. The molecule has 1 fully saturated rings. The van der Waals surface area contributed by atoms with Gasteiger partial charge < -0.3 is 10.5 Å². The van der Waals surface area contributed by atoms with Crippen LogP contribution in [0.5, 0.6) is 0 Å². The molecule has 2 unspecified atom stereocenters. The Kier molecular flexibility index (Phi) is 5.05. The second-order valence-corrected chi connectivity index (χ2v) is 7.89. The van der Waals surface area contributed by atoms with E-state index in [9.17, 15) is 8.42 Å². The van der Waals surface area contributed by atoms with Crippen LogP contribution in [0.3, 0.4) is 0 Å². The minimum absolute atomic E-state index is 0.0633. The van der Waals surface area contributed by atoms with E-state index in [0.717, 1.165) is 36.9 Å². The van der Waals surface area contributed by atoms with Gasteiger partial charge in [0.05, 0.1) is 18.0 Å². The van der Waals surface area contributed by atoms with Gasteiger partial charge in [0.15, 0.2) is 0 Å². The van der Waals surface area contributed by atoms with Crippen LogP contribution in [0.1, 0.15) is 31.2 Å². The maximum absolute atomic E-state index is 11.6. The molecule has 2 N–H and O–H groups in total. The van der Waals surface area contributed by atoms with Gasteiger partial charge >= 0.3 is 0 Å². The van der Waals surface area contributed by atoms with E-state index in [-0.39, 0.29) is 11.4 Å². The van der Waals surface area contributed by atoms with Crippen LogP contribution in [0.25, 0.3) is 0 Å². The van der Waals surface area contributed by atoms with E-state index in [0.29, 0.717) is 13.0 Å². The SMILES string of the molecule is CS(=O)(=O)C1CCCC(OCCc2ccccc2N)C1. The first-order chi connectivity index (χ1) is 9.47. The highest BCUT2D eigenvalue weighted by molar-refractivity contribution is 7.91. The van der Waals surface area contributed by atoms with E-state index in [4.69, 9.17) is 10.5 Å². The predicted octanol–water partition coefficient (Wildman–Crippen LogP) is 2.18. The van der Waals surface area contributed by atoms with Crippen molar-refractivity contribution in [2.75, 3.05) is 18.6 Å². The fourth-order valence-corrected chi connectivity index (χ4v) is 3.90. The molecular weight excluding hydrogens is 274 g/mol. The molecule has 1 aromatic rings. The first-order valence-electron chi connectivity index (χ1n) is 7.10. The maximum atomic E-state index is 11.6. The van der Waals surface area contributed by atoms with Crippen LogP contribution in [0.15, 0.2) is 24.3 Å². The van der Waals surface area contributed by atoms with E-state index in [1.165, 1.54) is 6.26 Å².